The molecular formula is C23H28ClNO5. The smallest absolute Gasteiger partial charge is 0.323 e. The number of aliphatic hydroxyl groups excluding tert-OH is 1. The topological polar surface area (TPSA) is 88.0 Å². The molecule has 0 saturated carbocycles. The number of carboxylic acids is 1. The van der Waals surface area contributed by atoms with Gasteiger partial charge in [-0.3, -0.25) is 10.1 Å². The number of rotatable bonds is 9. The van der Waals surface area contributed by atoms with Gasteiger partial charge in [-0.25, -0.2) is 0 Å². The molecule has 1 aliphatic carbocycles. The fourth-order valence-corrected chi connectivity index (χ4v) is 4.08. The Kier molecular flexibility index (Phi) is 7.23. The van der Waals surface area contributed by atoms with Crippen LogP contribution >= 0.6 is 11.6 Å². The number of halogens is 1. The summed E-state index contributed by atoms with van der Waals surface area (Å²) < 4.78 is 12.0. The van der Waals surface area contributed by atoms with E-state index in [9.17, 15) is 15.0 Å². The zero-order valence-corrected chi connectivity index (χ0v) is 18.2. The molecule has 7 heteroatoms. The number of aliphatic carboxylic acids is 1. The fraction of sp³-hybridized carbons (Fsp3) is 0.435. The van der Waals surface area contributed by atoms with Gasteiger partial charge in [-0.2, -0.15) is 0 Å². The molecule has 162 valence electrons. The lowest BCUT2D eigenvalue weighted by atomic mass is 10.0. The largest absolute Gasteiger partial charge is 0.493 e. The molecule has 0 unspecified atom stereocenters. The van der Waals surface area contributed by atoms with Crippen molar-refractivity contribution < 1.29 is 24.5 Å². The van der Waals surface area contributed by atoms with Crippen LogP contribution < -0.4 is 14.8 Å². The first-order valence-corrected chi connectivity index (χ1v) is 10.5. The number of carbonyl (C=O) groups is 1. The zero-order chi connectivity index (χ0) is 21.8. The third-order valence-electron chi connectivity index (χ3n) is 5.39. The molecule has 0 spiro atoms. The molecule has 30 heavy (non-hydrogen) atoms. The van der Waals surface area contributed by atoms with Crippen LogP contribution in [0.25, 0.3) is 0 Å². The van der Waals surface area contributed by atoms with Gasteiger partial charge in [0.25, 0.3) is 0 Å². The number of hydrogen-bond acceptors (Lipinski definition) is 5. The molecule has 3 atom stereocenters. The lowest BCUT2D eigenvalue weighted by Crippen LogP contribution is -2.44. The lowest BCUT2D eigenvalue weighted by molar-refractivity contribution is -0.142. The average molecular weight is 434 g/mol. The van der Waals surface area contributed by atoms with Gasteiger partial charge in [0.1, 0.15) is 23.6 Å². The van der Waals surface area contributed by atoms with Crippen molar-refractivity contribution >= 4 is 17.6 Å². The number of aliphatic hydroxyl groups is 1. The molecule has 3 rings (SSSR count). The van der Waals surface area contributed by atoms with Crippen LogP contribution in [0.15, 0.2) is 30.3 Å². The summed E-state index contributed by atoms with van der Waals surface area (Å²) in [7, 11) is 0. The van der Waals surface area contributed by atoms with Gasteiger partial charge in [-0.15, -0.1) is 0 Å². The molecule has 0 aromatic heterocycles. The molecule has 0 bridgehead atoms. The van der Waals surface area contributed by atoms with Crippen LogP contribution in [0.5, 0.6) is 11.5 Å². The predicted octanol–water partition coefficient (Wildman–Crippen LogP) is 4.04. The van der Waals surface area contributed by atoms with Crippen LogP contribution in [-0.2, 0) is 17.8 Å². The van der Waals surface area contributed by atoms with E-state index in [-0.39, 0.29) is 12.6 Å². The molecule has 0 saturated heterocycles. The van der Waals surface area contributed by atoms with Crippen LogP contribution in [0, 0.1) is 6.92 Å². The Morgan fingerprint density at radius 3 is 2.77 bits per heavy atom. The van der Waals surface area contributed by atoms with Crippen molar-refractivity contribution in [2.24, 2.45) is 0 Å². The van der Waals surface area contributed by atoms with Crippen molar-refractivity contribution in [3.05, 3.63) is 57.6 Å². The van der Waals surface area contributed by atoms with Crippen LogP contribution in [-0.4, -0.2) is 34.9 Å². The molecule has 1 aliphatic rings. The van der Waals surface area contributed by atoms with Crippen LogP contribution in [0.1, 0.15) is 48.6 Å². The van der Waals surface area contributed by atoms with Crippen LogP contribution in [0.2, 0.25) is 5.02 Å². The van der Waals surface area contributed by atoms with Crippen molar-refractivity contribution in [1.29, 1.82) is 0 Å². The Bertz CT molecular complexity index is 915. The number of nitrogens with one attached hydrogen (secondary N) is 1. The van der Waals surface area contributed by atoms with E-state index < -0.39 is 18.1 Å². The van der Waals surface area contributed by atoms with Gasteiger partial charge in [0.2, 0.25) is 0 Å². The van der Waals surface area contributed by atoms with Crippen molar-refractivity contribution in [2.45, 2.75) is 58.4 Å². The summed E-state index contributed by atoms with van der Waals surface area (Å²) in [4.78, 5) is 11.3. The maximum Gasteiger partial charge on any atom is 0.323 e. The summed E-state index contributed by atoms with van der Waals surface area (Å²) >= 11 is 6.50. The monoisotopic (exact) mass is 433 g/mol. The van der Waals surface area contributed by atoms with Gasteiger partial charge < -0.3 is 19.7 Å². The summed E-state index contributed by atoms with van der Waals surface area (Å²) in [5, 5.41) is 22.2. The van der Waals surface area contributed by atoms with E-state index in [2.05, 4.69) is 24.4 Å². The highest BCUT2D eigenvalue weighted by Crippen LogP contribution is 2.40. The van der Waals surface area contributed by atoms with Gasteiger partial charge in [-0.05, 0) is 56.4 Å². The second kappa shape index (κ2) is 9.69. The molecule has 0 aliphatic heterocycles. The first kappa shape index (κ1) is 22.4. The minimum absolute atomic E-state index is 0.0671. The van der Waals surface area contributed by atoms with Crippen LogP contribution in [0.3, 0.4) is 0 Å². The summed E-state index contributed by atoms with van der Waals surface area (Å²) in [5.74, 6) is -0.0145. The van der Waals surface area contributed by atoms with Gasteiger partial charge in [0.15, 0.2) is 0 Å². The molecule has 0 amide bonds. The highest BCUT2D eigenvalue weighted by molar-refractivity contribution is 6.32. The minimum Gasteiger partial charge on any atom is -0.493 e. The number of carboxylic acid groups (broad SMARTS) is 1. The van der Waals surface area contributed by atoms with Gasteiger partial charge in [0, 0.05) is 18.2 Å². The Hall–Kier alpha value is -2.28. The first-order valence-electron chi connectivity index (χ1n) is 10.2. The minimum atomic E-state index is -1.12. The molecular weight excluding hydrogens is 406 g/mol. The highest BCUT2D eigenvalue weighted by Gasteiger charge is 2.27. The van der Waals surface area contributed by atoms with Gasteiger partial charge >= 0.3 is 5.97 Å². The van der Waals surface area contributed by atoms with E-state index >= 15 is 0 Å². The number of ether oxygens (including phenoxy) is 2. The molecule has 6 nitrogen and oxygen atoms in total. The van der Waals surface area contributed by atoms with Crippen molar-refractivity contribution in [3.8, 4) is 11.5 Å². The molecule has 2 aromatic rings. The maximum atomic E-state index is 11.3. The maximum absolute atomic E-state index is 11.3. The van der Waals surface area contributed by atoms with E-state index in [1.165, 1.54) is 23.6 Å². The highest BCUT2D eigenvalue weighted by atomic mass is 35.5. The van der Waals surface area contributed by atoms with Crippen molar-refractivity contribution in [3.63, 3.8) is 0 Å². The summed E-state index contributed by atoms with van der Waals surface area (Å²) in [6, 6.07) is 8.64. The average Bonchev–Trinajstić information content (AvgIpc) is 3.09. The number of fused-ring (bicyclic) bond motifs is 1. The Labute approximate surface area is 181 Å². The third kappa shape index (κ3) is 4.89. The van der Waals surface area contributed by atoms with Crippen LogP contribution in [0.4, 0.5) is 0 Å². The number of aryl methyl sites for hydroxylation is 1. The Balaban J connectivity index is 1.82. The lowest BCUT2D eigenvalue weighted by Gasteiger charge is -2.21. The second-order valence-corrected chi connectivity index (χ2v) is 7.96. The molecule has 0 fully saturated rings. The quantitative estimate of drug-likeness (QED) is 0.553. The Morgan fingerprint density at radius 2 is 2.10 bits per heavy atom. The van der Waals surface area contributed by atoms with E-state index in [1.807, 2.05) is 13.0 Å². The SMILES string of the molecule is CCOc1cc(O[C@H]2CCc3c(C)cccc32)c(Cl)cc1CN[C@H](C(=O)O)[C@@H](C)O. The summed E-state index contributed by atoms with van der Waals surface area (Å²) in [6.45, 7) is 6.04. The molecule has 0 radical (unpaired) electrons. The molecule has 0 heterocycles. The molecule has 2 aromatic carbocycles. The second-order valence-electron chi connectivity index (χ2n) is 7.55. The van der Waals surface area contributed by atoms with Gasteiger partial charge in [-0.1, -0.05) is 29.8 Å². The van der Waals surface area contributed by atoms with Gasteiger partial charge in [0.05, 0.1) is 17.7 Å². The van der Waals surface area contributed by atoms with Crippen molar-refractivity contribution in [2.75, 3.05) is 6.61 Å². The van der Waals surface area contributed by atoms with E-state index in [0.717, 1.165) is 12.8 Å². The summed E-state index contributed by atoms with van der Waals surface area (Å²) in [5.41, 5.74) is 4.49. The standard InChI is InChI=1S/C23H28ClNO5/c1-4-29-20-11-21(30-19-9-8-16-13(2)6-5-7-17(16)19)18(24)10-15(20)12-25-22(14(3)26)23(27)28/h5-7,10-11,14,19,22,25-26H,4,8-9,12H2,1-3H3,(H,27,28)/t14-,19+,22+/m1/s1. The fourth-order valence-electron chi connectivity index (χ4n) is 3.85. The van der Waals surface area contributed by atoms with Crippen molar-refractivity contribution in [1.82, 2.24) is 5.32 Å². The Morgan fingerprint density at radius 1 is 1.33 bits per heavy atom. The number of hydrogen-bond donors (Lipinski definition) is 3. The first-order chi connectivity index (χ1) is 14.3. The normalized spacial score (nSPS) is 17.3. The third-order valence-corrected chi connectivity index (χ3v) is 5.69. The van der Waals surface area contributed by atoms with E-state index in [4.69, 9.17) is 21.1 Å². The zero-order valence-electron chi connectivity index (χ0n) is 17.4. The van der Waals surface area contributed by atoms with E-state index in [0.29, 0.717) is 28.7 Å². The van der Waals surface area contributed by atoms with E-state index in [1.54, 1.807) is 12.1 Å². The predicted molar refractivity (Wildman–Crippen MR) is 115 cm³/mol. The molecule has 3 N–H and O–H groups in total. The summed E-state index contributed by atoms with van der Waals surface area (Å²) in [6.07, 6.45) is 0.753. The number of benzene rings is 2.